The highest BCUT2D eigenvalue weighted by molar-refractivity contribution is 6.01. The molecule has 3 rings (SSSR count). The number of halogens is 4. The zero-order valence-electron chi connectivity index (χ0n) is 16.4. The van der Waals surface area contributed by atoms with E-state index in [4.69, 9.17) is 15.2 Å². The SMILES string of the molecule is COc1cc2nccc(Oc3ccc(NC(=O)NCC(F)(F)F)c(F)c3)c2cc1C(N)=O. The third kappa shape index (κ3) is 5.33. The normalized spacial score (nSPS) is 11.2. The lowest BCUT2D eigenvalue weighted by atomic mass is 10.1. The van der Waals surface area contributed by atoms with E-state index in [1.165, 1.54) is 37.6 Å². The maximum absolute atomic E-state index is 14.3. The predicted molar refractivity (Wildman–Crippen MR) is 106 cm³/mol. The van der Waals surface area contributed by atoms with Crippen LogP contribution in [0.15, 0.2) is 42.6 Å². The van der Waals surface area contributed by atoms with Gasteiger partial charge < -0.3 is 25.8 Å². The number of hydrogen-bond donors (Lipinski definition) is 3. The number of nitrogens with zero attached hydrogens (tertiary/aromatic N) is 1. The topological polar surface area (TPSA) is 116 Å². The summed E-state index contributed by atoms with van der Waals surface area (Å²) >= 11 is 0. The molecule has 0 radical (unpaired) electrons. The van der Waals surface area contributed by atoms with Crippen molar-refractivity contribution >= 4 is 28.5 Å². The number of carbonyl (C=O) groups excluding carboxylic acids is 2. The van der Waals surface area contributed by atoms with Gasteiger partial charge in [0.15, 0.2) is 0 Å². The van der Waals surface area contributed by atoms with Crippen LogP contribution in [-0.4, -0.2) is 36.8 Å². The predicted octanol–water partition coefficient (Wildman–Crippen LogP) is 3.96. The Morgan fingerprint density at radius 3 is 2.50 bits per heavy atom. The second-order valence-electron chi connectivity index (χ2n) is 6.41. The van der Waals surface area contributed by atoms with Crippen molar-refractivity contribution in [2.45, 2.75) is 6.18 Å². The van der Waals surface area contributed by atoms with E-state index in [9.17, 15) is 27.2 Å². The number of methoxy groups -OCH3 is 1. The number of nitrogens with one attached hydrogen (secondary N) is 2. The molecular formula is C20H16F4N4O4. The molecule has 168 valence electrons. The van der Waals surface area contributed by atoms with Crippen molar-refractivity contribution < 1.29 is 36.6 Å². The first-order chi connectivity index (χ1) is 15.1. The average molecular weight is 452 g/mol. The third-order valence-electron chi connectivity index (χ3n) is 4.15. The zero-order chi connectivity index (χ0) is 23.5. The molecular weight excluding hydrogens is 436 g/mol. The molecule has 0 saturated heterocycles. The minimum absolute atomic E-state index is 0.0210. The summed E-state index contributed by atoms with van der Waals surface area (Å²) in [7, 11) is 1.37. The molecule has 12 heteroatoms. The lowest BCUT2D eigenvalue weighted by Gasteiger charge is -2.13. The number of nitrogens with two attached hydrogens (primary N) is 1. The van der Waals surface area contributed by atoms with Crippen molar-refractivity contribution in [3.63, 3.8) is 0 Å². The van der Waals surface area contributed by atoms with Crippen LogP contribution in [0.25, 0.3) is 10.9 Å². The Morgan fingerprint density at radius 1 is 1.12 bits per heavy atom. The number of rotatable bonds is 6. The first-order valence-electron chi connectivity index (χ1n) is 8.93. The number of carbonyl (C=O) groups is 2. The summed E-state index contributed by atoms with van der Waals surface area (Å²) in [5.41, 5.74) is 5.54. The van der Waals surface area contributed by atoms with Crippen LogP contribution in [0.2, 0.25) is 0 Å². The largest absolute Gasteiger partial charge is 0.496 e. The summed E-state index contributed by atoms with van der Waals surface area (Å²) in [6, 6.07) is 6.54. The third-order valence-corrected chi connectivity index (χ3v) is 4.15. The van der Waals surface area contributed by atoms with Crippen molar-refractivity contribution in [2.75, 3.05) is 19.0 Å². The van der Waals surface area contributed by atoms with Crippen LogP contribution in [0.3, 0.4) is 0 Å². The fourth-order valence-electron chi connectivity index (χ4n) is 2.73. The fraction of sp³-hybridized carbons (Fsp3) is 0.150. The van der Waals surface area contributed by atoms with Gasteiger partial charge >= 0.3 is 12.2 Å². The number of primary amides is 1. The van der Waals surface area contributed by atoms with E-state index in [-0.39, 0.29) is 28.5 Å². The van der Waals surface area contributed by atoms with Gasteiger partial charge in [-0.15, -0.1) is 0 Å². The van der Waals surface area contributed by atoms with Crippen LogP contribution in [0, 0.1) is 5.82 Å². The lowest BCUT2D eigenvalue weighted by molar-refractivity contribution is -0.122. The molecule has 1 aromatic heterocycles. The molecule has 2 aromatic carbocycles. The molecule has 0 aliphatic carbocycles. The minimum atomic E-state index is -4.60. The Kier molecular flexibility index (Phi) is 6.32. The van der Waals surface area contributed by atoms with Gasteiger partial charge in [0, 0.05) is 23.7 Å². The first kappa shape index (κ1) is 22.6. The molecule has 3 aromatic rings. The van der Waals surface area contributed by atoms with Crippen molar-refractivity contribution in [2.24, 2.45) is 5.73 Å². The summed E-state index contributed by atoms with van der Waals surface area (Å²) in [6.07, 6.45) is -3.17. The standard InChI is InChI=1S/C20H16F4N4O4/c1-31-17-8-15-11(7-12(17)18(25)29)16(4-5-26-15)32-10-2-3-14(13(21)6-10)28-19(30)27-9-20(22,23)24/h2-8H,9H2,1H3,(H2,25,29)(H2,27,28,30). The molecule has 0 fully saturated rings. The Morgan fingerprint density at radius 2 is 1.88 bits per heavy atom. The maximum Gasteiger partial charge on any atom is 0.405 e. The maximum atomic E-state index is 14.3. The molecule has 8 nitrogen and oxygen atoms in total. The number of fused-ring (bicyclic) bond motifs is 1. The number of aromatic nitrogens is 1. The van der Waals surface area contributed by atoms with Gasteiger partial charge in [0.2, 0.25) is 0 Å². The van der Waals surface area contributed by atoms with Gasteiger partial charge in [-0.05, 0) is 24.3 Å². The van der Waals surface area contributed by atoms with Crippen LogP contribution < -0.4 is 25.8 Å². The highest BCUT2D eigenvalue weighted by atomic mass is 19.4. The summed E-state index contributed by atoms with van der Waals surface area (Å²) in [4.78, 5) is 27.4. The van der Waals surface area contributed by atoms with E-state index in [0.717, 1.165) is 12.1 Å². The highest BCUT2D eigenvalue weighted by Gasteiger charge is 2.27. The number of alkyl halides is 3. The van der Waals surface area contributed by atoms with Gasteiger partial charge in [-0.3, -0.25) is 9.78 Å². The second kappa shape index (κ2) is 8.96. The van der Waals surface area contributed by atoms with E-state index >= 15 is 0 Å². The van der Waals surface area contributed by atoms with Gasteiger partial charge in [-0.1, -0.05) is 0 Å². The van der Waals surface area contributed by atoms with Crippen molar-refractivity contribution in [3.05, 3.63) is 54.0 Å². The van der Waals surface area contributed by atoms with Gasteiger partial charge in [0.25, 0.3) is 5.91 Å². The van der Waals surface area contributed by atoms with E-state index in [2.05, 4.69) is 4.98 Å². The van der Waals surface area contributed by atoms with Crippen molar-refractivity contribution in [3.8, 4) is 17.2 Å². The molecule has 0 bridgehead atoms. The Bertz CT molecular complexity index is 1180. The molecule has 3 amide bonds. The van der Waals surface area contributed by atoms with E-state index in [1.807, 2.05) is 5.32 Å². The summed E-state index contributed by atoms with van der Waals surface area (Å²) in [6.45, 7) is -1.56. The molecule has 32 heavy (non-hydrogen) atoms. The van der Waals surface area contributed by atoms with Crippen LogP contribution in [0.1, 0.15) is 10.4 Å². The minimum Gasteiger partial charge on any atom is -0.496 e. The molecule has 4 N–H and O–H groups in total. The Labute approximate surface area is 178 Å². The first-order valence-corrected chi connectivity index (χ1v) is 8.93. The average Bonchev–Trinajstić information content (AvgIpc) is 2.73. The molecule has 0 atom stereocenters. The number of urea groups is 1. The quantitative estimate of drug-likeness (QED) is 0.490. The number of amides is 3. The smallest absolute Gasteiger partial charge is 0.405 e. The fourth-order valence-corrected chi connectivity index (χ4v) is 2.73. The number of anilines is 1. The molecule has 0 spiro atoms. The van der Waals surface area contributed by atoms with Gasteiger partial charge in [0.1, 0.15) is 29.6 Å². The summed E-state index contributed by atoms with van der Waals surface area (Å²) in [5.74, 6) is -1.21. The Hall–Kier alpha value is -4.09. The zero-order valence-corrected chi connectivity index (χ0v) is 16.4. The Balaban J connectivity index is 1.83. The second-order valence-corrected chi connectivity index (χ2v) is 6.41. The number of benzene rings is 2. The van der Waals surface area contributed by atoms with Crippen LogP contribution in [-0.2, 0) is 0 Å². The molecule has 0 aliphatic heterocycles. The molecule has 0 saturated carbocycles. The number of ether oxygens (including phenoxy) is 2. The summed E-state index contributed by atoms with van der Waals surface area (Å²) in [5, 5.41) is 3.95. The number of pyridine rings is 1. The van der Waals surface area contributed by atoms with Crippen LogP contribution >= 0.6 is 0 Å². The van der Waals surface area contributed by atoms with Crippen LogP contribution in [0.5, 0.6) is 17.2 Å². The van der Waals surface area contributed by atoms with E-state index < -0.39 is 30.5 Å². The summed E-state index contributed by atoms with van der Waals surface area (Å²) < 4.78 is 61.6. The van der Waals surface area contributed by atoms with E-state index in [1.54, 1.807) is 5.32 Å². The molecule has 0 unspecified atom stereocenters. The van der Waals surface area contributed by atoms with Crippen LogP contribution in [0.4, 0.5) is 28.0 Å². The lowest BCUT2D eigenvalue weighted by Crippen LogP contribution is -2.36. The molecule has 0 aliphatic rings. The van der Waals surface area contributed by atoms with E-state index in [0.29, 0.717) is 10.9 Å². The molecule has 1 heterocycles. The van der Waals surface area contributed by atoms with Gasteiger partial charge in [-0.25, -0.2) is 9.18 Å². The van der Waals surface area contributed by atoms with Gasteiger partial charge in [-0.2, -0.15) is 13.2 Å². The van der Waals surface area contributed by atoms with Crippen molar-refractivity contribution in [1.82, 2.24) is 10.3 Å². The highest BCUT2D eigenvalue weighted by Crippen LogP contribution is 2.34. The monoisotopic (exact) mass is 452 g/mol. The van der Waals surface area contributed by atoms with Gasteiger partial charge in [0.05, 0.1) is 23.9 Å². The van der Waals surface area contributed by atoms with Crippen molar-refractivity contribution in [1.29, 1.82) is 0 Å². The number of hydrogen-bond acceptors (Lipinski definition) is 5.